The van der Waals surface area contributed by atoms with Crippen LogP contribution in [0, 0.1) is 11.6 Å². The highest BCUT2D eigenvalue weighted by atomic mass is 127. The molecule has 4 aromatic carbocycles. The molecule has 322 valence electrons. The van der Waals surface area contributed by atoms with E-state index >= 15 is 0 Å². The Bertz CT molecular complexity index is 3080. The number of nitrogen functional groups attached to an aromatic ring is 2. The predicted octanol–water partition coefficient (Wildman–Crippen LogP) is 6.39. The van der Waals surface area contributed by atoms with Gasteiger partial charge in [-0.15, -0.1) is 24.0 Å². The van der Waals surface area contributed by atoms with Gasteiger partial charge in [0.05, 0.1) is 68.3 Å². The van der Waals surface area contributed by atoms with Crippen molar-refractivity contribution in [3.05, 3.63) is 105 Å². The van der Waals surface area contributed by atoms with Gasteiger partial charge in [-0.1, -0.05) is 19.1 Å². The lowest BCUT2D eigenvalue weighted by Crippen LogP contribution is -2.57. The van der Waals surface area contributed by atoms with Crippen LogP contribution in [0.4, 0.5) is 31.5 Å². The number of H-pyrrole nitrogens is 4. The molecule has 0 unspecified atom stereocenters. The molecule has 0 bridgehead atoms. The number of imidazole rings is 2. The van der Waals surface area contributed by atoms with Gasteiger partial charge in [0.15, 0.2) is 0 Å². The largest absolute Gasteiger partial charge is 0.397 e. The first-order valence-electron chi connectivity index (χ1n) is 20.4. The summed E-state index contributed by atoms with van der Waals surface area (Å²) >= 11 is 0. The smallest absolute Gasteiger partial charge is 0.261 e. The van der Waals surface area contributed by atoms with Crippen LogP contribution in [-0.4, -0.2) is 110 Å². The van der Waals surface area contributed by atoms with Crippen molar-refractivity contribution in [3.8, 4) is 22.8 Å². The number of nitrogens with one attached hydrogen (secondary N) is 4. The number of quaternary nitrogens is 1. The number of benzene rings is 4. The number of piperazine rings is 2. The molecule has 0 aliphatic carbocycles. The number of aromatic nitrogens is 6. The monoisotopic (exact) mass is 957 g/mol. The highest BCUT2D eigenvalue weighted by molar-refractivity contribution is 14.0. The fourth-order valence-corrected chi connectivity index (χ4v) is 8.50. The number of nitrogens with zero attached hydrogens (tertiary/aromatic N) is 6. The minimum absolute atomic E-state index is 0. The van der Waals surface area contributed by atoms with Crippen LogP contribution in [0.25, 0.3) is 66.6 Å². The molecule has 8 aromatic rings. The molecular weight excluding hydrogens is 909 g/mol. The Kier molecular flexibility index (Phi) is 11.7. The average molecular weight is 958 g/mol. The van der Waals surface area contributed by atoms with Crippen LogP contribution in [-0.2, 0) is 0 Å². The summed E-state index contributed by atoms with van der Waals surface area (Å²) in [7, 11) is 0. The van der Waals surface area contributed by atoms with Crippen LogP contribution in [0.5, 0.6) is 0 Å². The number of pyridine rings is 2. The molecule has 15 nitrogen and oxygen atoms in total. The second-order valence-corrected chi connectivity index (χ2v) is 15.7. The Morgan fingerprint density at radius 1 is 0.645 bits per heavy atom. The van der Waals surface area contributed by atoms with Crippen molar-refractivity contribution >= 4 is 90.6 Å². The van der Waals surface area contributed by atoms with Gasteiger partial charge in [-0.05, 0) is 74.1 Å². The van der Waals surface area contributed by atoms with E-state index in [0.717, 1.165) is 73.7 Å². The van der Waals surface area contributed by atoms with Crippen molar-refractivity contribution in [2.75, 3.05) is 86.7 Å². The molecule has 62 heavy (non-hydrogen) atoms. The van der Waals surface area contributed by atoms with E-state index < -0.39 is 22.8 Å². The first kappa shape index (κ1) is 42.6. The summed E-state index contributed by atoms with van der Waals surface area (Å²) in [4.78, 5) is 53.2. The highest BCUT2D eigenvalue weighted by Crippen LogP contribution is 2.33. The number of halogens is 3. The van der Waals surface area contributed by atoms with E-state index in [-0.39, 0.29) is 61.9 Å². The maximum absolute atomic E-state index is 14.4. The lowest BCUT2D eigenvalue weighted by molar-refractivity contribution is -1.10. The van der Waals surface area contributed by atoms with E-state index in [2.05, 4.69) is 51.5 Å². The third-order valence-electron chi connectivity index (χ3n) is 12.2. The Morgan fingerprint density at radius 2 is 1.10 bits per heavy atom. The fourth-order valence-electron chi connectivity index (χ4n) is 8.50. The van der Waals surface area contributed by atoms with Gasteiger partial charge in [-0.25, -0.2) is 24.0 Å². The van der Waals surface area contributed by atoms with Gasteiger partial charge in [0, 0.05) is 37.6 Å². The molecule has 0 radical (unpaired) electrons. The number of nitrogens with two attached hydrogens (primary N) is 2. The molecule has 2 aliphatic heterocycles. The fraction of sp³-hybridized carbons (Fsp3) is 0.273. The molecule has 0 atom stereocenters. The Hall–Kier alpha value is -6.09. The average Bonchev–Trinajstić information content (AvgIpc) is 3.87. The number of anilines is 4. The van der Waals surface area contributed by atoms with Crippen molar-refractivity contribution in [2.24, 2.45) is 0 Å². The van der Waals surface area contributed by atoms with Crippen LogP contribution in [0.15, 0.2) is 82.4 Å². The van der Waals surface area contributed by atoms with E-state index in [0.29, 0.717) is 47.8 Å². The number of likely N-dealkylation sites (N-methyl/N-ethyl adjacent to an activating group) is 2. The zero-order chi connectivity index (χ0) is 42.6. The number of rotatable bonds is 6. The summed E-state index contributed by atoms with van der Waals surface area (Å²) in [6.07, 6.45) is 0. The summed E-state index contributed by atoms with van der Waals surface area (Å²) in [5.41, 5.74) is 17.8. The van der Waals surface area contributed by atoms with Crippen LogP contribution in [0.1, 0.15) is 13.8 Å². The SMILES string of the molecule is CCN1CCN(c2ccc3nc(-c4c(N)c5c(F)cccc5[nH]c4=O)[nH]c3c2)CC1.CC[N+]1(O)CCN(c2ccc3nc(-c4c(N)c5c(F)cccc5[nH]c4=O)[nH]c3c2)CC1.I. The first-order chi connectivity index (χ1) is 29.4. The van der Waals surface area contributed by atoms with E-state index in [1.54, 1.807) is 12.1 Å². The summed E-state index contributed by atoms with van der Waals surface area (Å²) in [5.74, 6) is -0.345. The predicted molar refractivity (Wildman–Crippen MR) is 252 cm³/mol. The quantitative estimate of drug-likeness (QED) is 0.0723. The molecule has 2 fully saturated rings. The normalized spacial score (nSPS) is 15.6. The zero-order valence-electron chi connectivity index (χ0n) is 34.3. The maximum Gasteiger partial charge on any atom is 0.261 e. The minimum Gasteiger partial charge on any atom is -0.397 e. The molecule has 0 saturated carbocycles. The second-order valence-electron chi connectivity index (χ2n) is 15.7. The summed E-state index contributed by atoms with van der Waals surface area (Å²) < 4.78 is 28.8. The molecule has 6 heterocycles. The summed E-state index contributed by atoms with van der Waals surface area (Å²) in [6.45, 7) is 12.8. The van der Waals surface area contributed by atoms with Crippen molar-refractivity contribution in [1.82, 2.24) is 34.8 Å². The van der Waals surface area contributed by atoms with E-state index in [9.17, 15) is 23.6 Å². The molecule has 9 N–H and O–H groups in total. The summed E-state index contributed by atoms with van der Waals surface area (Å²) in [6, 6.07) is 20.8. The Labute approximate surface area is 370 Å². The third-order valence-corrected chi connectivity index (χ3v) is 12.2. The molecular formula is C44H48F2IN12O3+. The van der Waals surface area contributed by atoms with Gasteiger partial charge in [0.2, 0.25) is 0 Å². The van der Waals surface area contributed by atoms with Crippen LogP contribution >= 0.6 is 24.0 Å². The Balaban J connectivity index is 0.000000168. The Morgan fingerprint density at radius 3 is 1.53 bits per heavy atom. The van der Waals surface area contributed by atoms with Crippen LogP contribution in [0.2, 0.25) is 0 Å². The van der Waals surface area contributed by atoms with Gasteiger partial charge in [-0.2, -0.15) is 4.65 Å². The van der Waals surface area contributed by atoms with E-state index in [4.69, 9.17) is 11.5 Å². The van der Waals surface area contributed by atoms with Gasteiger partial charge < -0.3 is 46.1 Å². The molecule has 2 saturated heterocycles. The van der Waals surface area contributed by atoms with Crippen molar-refractivity contribution in [1.29, 1.82) is 0 Å². The lowest BCUT2D eigenvalue weighted by atomic mass is 10.1. The maximum atomic E-state index is 14.4. The first-order valence-corrected chi connectivity index (χ1v) is 20.4. The number of aromatic amines is 4. The van der Waals surface area contributed by atoms with Gasteiger partial charge in [0.1, 0.15) is 54.0 Å². The number of hydrogen-bond acceptors (Lipinski definition) is 10. The molecule has 0 amide bonds. The molecule has 18 heteroatoms. The van der Waals surface area contributed by atoms with Crippen LogP contribution in [0.3, 0.4) is 0 Å². The van der Waals surface area contributed by atoms with Gasteiger partial charge in [-0.3, -0.25) is 9.59 Å². The molecule has 2 aliphatic rings. The molecule has 10 rings (SSSR count). The number of fused-ring (bicyclic) bond motifs is 4. The summed E-state index contributed by atoms with van der Waals surface area (Å²) in [5, 5.41) is 10.8. The van der Waals surface area contributed by atoms with Gasteiger partial charge >= 0.3 is 0 Å². The lowest BCUT2D eigenvalue weighted by Gasteiger charge is -2.38. The van der Waals surface area contributed by atoms with Crippen molar-refractivity contribution < 1.29 is 18.6 Å². The van der Waals surface area contributed by atoms with Crippen LogP contribution < -0.4 is 32.4 Å². The van der Waals surface area contributed by atoms with E-state index in [1.807, 2.05) is 43.3 Å². The number of hydrogen-bond donors (Lipinski definition) is 7. The third kappa shape index (κ3) is 7.82. The van der Waals surface area contributed by atoms with Crippen molar-refractivity contribution in [3.63, 3.8) is 0 Å². The highest BCUT2D eigenvalue weighted by Gasteiger charge is 2.30. The standard InChI is InChI=1S/C22H23FN6O2.C22H23FN6O.HI/c1-2-29(31)10-8-28(9-11-29)13-6-7-15-17(12-13)26-21(25-15)19-20(24)18-14(23)4-3-5-16(18)27-22(19)30;1-2-28-8-10-29(11-9-28)13-6-7-15-17(12-13)26-21(25-15)19-20(24)18-14(23)4-3-5-16(18)27-22(19)30;/h3-7,12,31H,2,8-11H2,1H3,(H3-,24,25,26,27,30);3-7,12H,2,8-11H2,1H3,(H,25,26)(H3,24,27,30);1H/p+1. The second kappa shape index (κ2) is 17.0. The van der Waals surface area contributed by atoms with E-state index in [1.165, 1.54) is 24.3 Å². The topological polar surface area (TPSA) is 205 Å². The molecule has 4 aromatic heterocycles. The molecule has 0 spiro atoms. The zero-order valence-corrected chi connectivity index (χ0v) is 36.6. The van der Waals surface area contributed by atoms with Crippen molar-refractivity contribution in [2.45, 2.75) is 13.8 Å². The number of hydroxylamine groups is 3. The minimum atomic E-state index is -0.499. The van der Waals surface area contributed by atoms with Gasteiger partial charge in [0.25, 0.3) is 11.1 Å².